The number of nitrogens with zero attached hydrogens (tertiary/aromatic N) is 2. The van der Waals surface area contributed by atoms with Crippen molar-refractivity contribution in [1.82, 2.24) is 9.97 Å². The lowest BCUT2D eigenvalue weighted by Gasteiger charge is -2.03. The SMILES string of the molecule is COCCCSc1nc(N)nc2sc(C)cc12. The van der Waals surface area contributed by atoms with Crippen molar-refractivity contribution in [2.24, 2.45) is 0 Å². The van der Waals surface area contributed by atoms with Gasteiger partial charge in [-0.15, -0.1) is 23.1 Å². The molecule has 0 aliphatic carbocycles. The molecule has 0 bridgehead atoms. The maximum atomic E-state index is 5.71. The largest absolute Gasteiger partial charge is 0.385 e. The summed E-state index contributed by atoms with van der Waals surface area (Å²) in [6.45, 7) is 2.85. The number of hydrogen-bond donors (Lipinski definition) is 1. The molecule has 2 aromatic rings. The third-order valence-electron chi connectivity index (χ3n) is 2.23. The van der Waals surface area contributed by atoms with Gasteiger partial charge in [-0.25, -0.2) is 9.97 Å². The van der Waals surface area contributed by atoms with Gasteiger partial charge in [0.25, 0.3) is 0 Å². The van der Waals surface area contributed by atoms with Gasteiger partial charge < -0.3 is 10.5 Å². The maximum absolute atomic E-state index is 5.71. The number of nitrogen functional groups attached to an aromatic ring is 1. The minimum atomic E-state index is 0.355. The summed E-state index contributed by atoms with van der Waals surface area (Å²) in [5, 5.41) is 2.09. The summed E-state index contributed by atoms with van der Waals surface area (Å²) in [6, 6.07) is 2.12. The van der Waals surface area contributed by atoms with Gasteiger partial charge in [0.15, 0.2) is 0 Å². The van der Waals surface area contributed by atoms with Gasteiger partial charge in [0.1, 0.15) is 9.86 Å². The minimum absolute atomic E-state index is 0.355. The highest BCUT2D eigenvalue weighted by Gasteiger charge is 2.09. The van der Waals surface area contributed by atoms with Crippen molar-refractivity contribution in [2.75, 3.05) is 25.2 Å². The molecule has 6 heteroatoms. The van der Waals surface area contributed by atoms with Crippen molar-refractivity contribution in [3.63, 3.8) is 0 Å². The molecule has 2 heterocycles. The van der Waals surface area contributed by atoms with Crippen LogP contribution in [-0.4, -0.2) is 29.4 Å². The van der Waals surface area contributed by atoms with Crippen LogP contribution in [-0.2, 0) is 4.74 Å². The third-order valence-corrected chi connectivity index (χ3v) is 4.25. The van der Waals surface area contributed by atoms with Crippen LogP contribution in [0, 0.1) is 6.92 Å². The fourth-order valence-corrected chi connectivity index (χ4v) is 3.39. The molecule has 17 heavy (non-hydrogen) atoms. The molecule has 2 aromatic heterocycles. The van der Waals surface area contributed by atoms with Crippen LogP contribution in [0.5, 0.6) is 0 Å². The first-order chi connectivity index (χ1) is 8.20. The third kappa shape index (κ3) is 3.08. The van der Waals surface area contributed by atoms with Gasteiger partial charge in [0.05, 0.1) is 0 Å². The second-order valence-electron chi connectivity index (χ2n) is 3.66. The van der Waals surface area contributed by atoms with Gasteiger partial charge in [-0.1, -0.05) is 0 Å². The van der Waals surface area contributed by atoms with Crippen LogP contribution in [0.1, 0.15) is 11.3 Å². The predicted molar refractivity (Wildman–Crippen MR) is 73.8 cm³/mol. The van der Waals surface area contributed by atoms with Gasteiger partial charge in [-0.05, 0) is 19.4 Å². The number of rotatable bonds is 5. The topological polar surface area (TPSA) is 61.0 Å². The van der Waals surface area contributed by atoms with E-state index in [1.807, 2.05) is 0 Å². The average Bonchev–Trinajstić information content (AvgIpc) is 2.64. The van der Waals surface area contributed by atoms with Crippen LogP contribution in [0.15, 0.2) is 11.1 Å². The van der Waals surface area contributed by atoms with E-state index in [0.717, 1.165) is 34.0 Å². The molecule has 0 radical (unpaired) electrons. The van der Waals surface area contributed by atoms with Crippen LogP contribution < -0.4 is 5.73 Å². The Labute approximate surface area is 109 Å². The Bertz CT molecular complexity index is 513. The summed E-state index contributed by atoms with van der Waals surface area (Å²) in [7, 11) is 1.72. The van der Waals surface area contributed by atoms with Crippen LogP contribution in [0.25, 0.3) is 10.2 Å². The molecule has 0 saturated heterocycles. The van der Waals surface area contributed by atoms with E-state index in [4.69, 9.17) is 10.5 Å². The molecule has 0 saturated carbocycles. The monoisotopic (exact) mass is 269 g/mol. The van der Waals surface area contributed by atoms with E-state index >= 15 is 0 Å². The standard InChI is InChI=1S/C11H15N3OS2/c1-7-6-8-9(16-5-3-4-15-2)13-11(12)14-10(8)17-7/h6H,3-5H2,1-2H3,(H2,12,13,14). The molecule has 0 spiro atoms. The van der Waals surface area contributed by atoms with E-state index in [2.05, 4.69) is 23.0 Å². The lowest BCUT2D eigenvalue weighted by molar-refractivity contribution is 0.200. The zero-order valence-electron chi connectivity index (χ0n) is 9.90. The molecule has 0 amide bonds. The van der Waals surface area contributed by atoms with Crippen molar-refractivity contribution in [1.29, 1.82) is 0 Å². The number of nitrogens with two attached hydrogens (primary N) is 1. The smallest absolute Gasteiger partial charge is 0.222 e. The molecular weight excluding hydrogens is 254 g/mol. The number of aryl methyl sites for hydroxylation is 1. The Morgan fingerprint density at radius 3 is 3.06 bits per heavy atom. The van der Waals surface area contributed by atoms with Gasteiger partial charge in [-0.2, -0.15) is 0 Å². The van der Waals surface area contributed by atoms with E-state index in [1.54, 1.807) is 30.2 Å². The van der Waals surface area contributed by atoms with Crippen LogP contribution in [0.4, 0.5) is 5.95 Å². The summed E-state index contributed by atoms with van der Waals surface area (Å²) in [4.78, 5) is 10.8. The normalized spacial score (nSPS) is 11.2. The molecule has 4 nitrogen and oxygen atoms in total. The molecule has 0 aromatic carbocycles. The van der Waals surface area contributed by atoms with Gasteiger partial charge in [0, 0.05) is 29.7 Å². The molecule has 0 fully saturated rings. The van der Waals surface area contributed by atoms with E-state index in [9.17, 15) is 0 Å². The number of anilines is 1. The maximum Gasteiger partial charge on any atom is 0.222 e. The molecule has 0 unspecified atom stereocenters. The quantitative estimate of drug-likeness (QED) is 0.514. The van der Waals surface area contributed by atoms with Crippen molar-refractivity contribution in [2.45, 2.75) is 18.4 Å². The molecular formula is C11H15N3OS2. The molecule has 0 atom stereocenters. The zero-order valence-corrected chi connectivity index (χ0v) is 11.5. The highest BCUT2D eigenvalue weighted by Crippen LogP contribution is 2.31. The second kappa shape index (κ2) is 5.66. The van der Waals surface area contributed by atoms with Gasteiger partial charge in [0.2, 0.25) is 5.95 Å². The van der Waals surface area contributed by atoms with Crippen molar-refractivity contribution in [3.8, 4) is 0 Å². The fourth-order valence-electron chi connectivity index (χ4n) is 1.51. The highest BCUT2D eigenvalue weighted by atomic mass is 32.2. The Morgan fingerprint density at radius 2 is 2.29 bits per heavy atom. The first-order valence-corrected chi connectivity index (χ1v) is 7.16. The minimum Gasteiger partial charge on any atom is -0.385 e. The molecule has 0 aliphatic heterocycles. The van der Waals surface area contributed by atoms with Gasteiger partial charge >= 0.3 is 0 Å². The summed E-state index contributed by atoms with van der Waals surface area (Å²) < 4.78 is 5.03. The van der Waals surface area contributed by atoms with Crippen molar-refractivity contribution in [3.05, 3.63) is 10.9 Å². The lowest BCUT2D eigenvalue weighted by Crippen LogP contribution is -1.97. The second-order valence-corrected chi connectivity index (χ2v) is 5.98. The number of thioether (sulfide) groups is 1. The first-order valence-electron chi connectivity index (χ1n) is 5.36. The van der Waals surface area contributed by atoms with E-state index in [1.165, 1.54) is 4.88 Å². The van der Waals surface area contributed by atoms with E-state index in [0.29, 0.717) is 5.95 Å². The molecule has 2 N–H and O–H groups in total. The number of ether oxygens (including phenoxy) is 1. The van der Waals surface area contributed by atoms with Gasteiger partial charge in [-0.3, -0.25) is 0 Å². The number of methoxy groups -OCH3 is 1. The Kier molecular flexibility index (Phi) is 4.20. The summed E-state index contributed by atoms with van der Waals surface area (Å²) in [5.41, 5.74) is 5.71. The summed E-state index contributed by atoms with van der Waals surface area (Å²) >= 11 is 3.37. The summed E-state index contributed by atoms with van der Waals surface area (Å²) in [6.07, 6.45) is 1.01. The first kappa shape index (κ1) is 12.6. The summed E-state index contributed by atoms with van der Waals surface area (Å²) in [5.74, 6) is 1.34. The average molecular weight is 269 g/mol. The number of aromatic nitrogens is 2. The van der Waals surface area contributed by atoms with E-state index in [-0.39, 0.29) is 0 Å². The lowest BCUT2D eigenvalue weighted by atomic mass is 10.4. The van der Waals surface area contributed by atoms with Crippen LogP contribution in [0.2, 0.25) is 0 Å². The Hall–Kier alpha value is -0.850. The number of fused-ring (bicyclic) bond motifs is 1. The number of hydrogen-bond acceptors (Lipinski definition) is 6. The Morgan fingerprint density at radius 1 is 1.47 bits per heavy atom. The molecule has 2 rings (SSSR count). The van der Waals surface area contributed by atoms with Crippen molar-refractivity contribution < 1.29 is 4.74 Å². The molecule has 92 valence electrons. The predicted octanol–water partition coefficient (Wildman–Crippen LogP) is 2.71. The van der Waals surface area contributed by atoms with Crippen LogP contribution >= 0.6 is 23.1 Å². The van der Waals surface area contributed by atoms with Crippen LogP contribution in [0.3, 0.4) is 0 Å². The highest BCUT2D eigenvalue weighted by molar-refractivity contribution is 7.99. The molecule has 0 aliphatic rings. The fraction of sp³-hybridized carbons (Fsp3) is 0.455. The Balaban J connectivity index is 2.19. The number of thiophene rings is 1. The van der Waals surface area contributed by atoms with Crippen molar-refractivity contribution >= 4 is 39.3 Å². The zero-order chi connectivity index (χ0) is 12.3. The van der Waals surface area contributed by atoms with E-state index < -0.39 is 0 Å².